The molecule has 1 aromatic rings. The summed E-state index contributed by atoms with van der Waals surface area (Å²) in [7, 11) is 0. The average molecular weight is 358 g/mol. The van der Waals surface area contributed by atoms with E-state index in [0.29, 0.717) is 10.6 Å². The second-order valence-corrected chi connectivity index (χ2v) is 6.66. The van der Waals surface area contributed by atoms with E-state index in [1.165, 1.54) is 6.07 Å². The third-order valence-electron chi connectivity index (χ3n) is 3.59. The minimum atomic E-state index is -0.164. The Morgan fingerprint density at radius 3 is 2.29 bits per heavy atom. The molecule has 1 fully saturated rings. The molecule has 2 nitrogen and oxygen atoms in total. The molecule has 2 rings (SSSR count). The molecule has 1 N–H and O–H groups in total. The van der Waals surface area contributed by atoms with Crippen LogP contribution in [0.5, 0.6) is 0 Å². The predicted octanol–water partition coefficient (Wildman–Crippen LogP) is 4.32. The van der Waals surface area contributed by atoms with Crippen molar-refractivity contribution in [3.05, 3.63) is 34.6 Å². The molecule has 1 atom stereocenters. The zero-order chi connectivity index (χ0) is 14.0. The maximum absolute atomic E-state index is 14.2. The Balaban J connectivity index is 0.00000200. The lowest BCUT2D eigenvalue weighted by Crippen LogP contribution is -2.48. The van der Waals surface area contributed by atoms with E-state index in [1.54, 1.807) is 12.1 Å². The molecule has 0 radical (unpaired) electrons. The molecule has 122 valence electrons. The molecular formula is C15H24Cl3FN2. The lowest BCUT2D eigenvalue weighted by molar-refractivity contribution is 0.0834. The number of halogens is 4. The highest BCUT2D eigenvalue weighted by Crippen LogP contribution is 2.39. The zero-order valence-corrected chi connectivity index (χ0v) is 15.0. The van der Waals surface area contributed by atoms with Crippen LogP contribution in [0.15, 0.2) is 18.2 Å². The molecular weight excluding hydrogens is 334 g/mol. The summed E-state index contributed by atoms with van der Waals surface area (Å²) in [6.45, 7) is 10.2. The van der Waals surface area contributed by atoms with Gasteiger partial charge in [0.05, 0.1) is 0 Å². The molecule has 6 heteroatoms. The number of piperazine rings is 1. The first-order chi connectivity index (χ1) is 8.89. The lowest BCUT2D eigenvalue weighted by atomic mass is 9.80. The summed E-state index contributed by atoms with van der Waals surface area (Å²) in [6.07, 6.45) is 0. The number of rotatable bonds is 2. The first kappa shape index (κ1) is 20.9. The van der Waals surface area contributed by atoms with Gasteiger partial charge in [-0.2, -0.15) is 0 Å². The molecule has 0 unspecified atom stereocenters. The molecule has 0 amide bonds. The van der Waals surface area contributed by atoms with Crippen molar-refractivity contribution in [1.29, 1.82) is 0 Å². The van der Waals surface area contributed by atoms with Gasteiger partial charge in [-0.05, 0) is 23.6 Å². The van der Waals surface area contributed by atoms with Gasteiger partial charge in [0, 0.05) is 42.8 Å². The Morgan fingerprint density at radius 1 is 1.19 bits per heavy atom. The van der Waals surface area contributed by atoms with Gasteiger partial charge < -0.3 is 5.32 Å². The van der Waals surface area contributed by atoms with E-state index < -0.39 is 0 Å². The summed E-state index contributed by atoms with van der Waals surface area (Å²) >= 11 is 6.05. The van der Waals surface area contributed by atoms with Crippen molar-refractivity contribution < 1.29 is 4.39 Å². The largest absolute Gasteiger partial charge is 0.314 e. The summed E-state index contributed by atoms with van der Waals surface area (Å²) in [5.74, 6) is -0.164. The summed E-state index contributed by atoms with van der Waals surface area (Å²) in [4.78, 5) is 2.35. The normalized spacial score (nSPS) is 17.6. The van der Waals surface area contributed by atoms with E-state index in [2.05, 4.69) is 31.0 Å². The van der Waals surface area contributed by atoms with Crippen LogP contribution in [0.3, 0.4) is 0 Å². The average Bonchev–Trinajstić information content (AvgIpc) is 2.33. The molecule has 0 aliphatic carbocycles. The highest BCUT2D eigenvalue weighted by atomic mass is 35.5. The van der Waals surface area contributed by atoms with Gasteiger partial charge in [0.25, 0.3) is 0 Å². The van der Waals surface area contributed by atoms with Crippen LogP contribution < -0.4 is 5.32 Å². The molecule has 1 saturated heterocycles. The molecule has 0 bridgehead atoms. The van der Waals surface area contributed by atoms with Gasteiger partial charge in [0.15, 0.2) is 0 Å². The Bertz CT molecular complexity index is 443. The predicted molar refractivity (Wildman–Crippen MR) is 92.5 cm³/mol. The van der Waals surface area contributed by atoms with E-state index in [0.717, 1.165) is 26.2 Å². The fraction of sp³-hybridized carbons (Fsp3) is 0.600. The second-order valence-electron chi connectivity index (χ2n) is 6.22. The van der Waals surface area contributed by atoms with Gasteiger partial charge in [-0.15, -0.1) is 24.8 Å². The Labute approximate surface area is 144 Å². The van der Waals surface area contributed by atoms with Crippen molar-refractivity contribution in [2.45, 2.75) is 26.8 Å². The molecule has 1 aliphatic heterocycles. The van der Waals surface area contributed by atoms with E-state index in [9.17, 15) is 4.39 Å². The summed E-state index contributed by atoms with van der Waals surface area (Å²) < 4.78 is 14.2. The molecule has 1 aromatic carbocycles. The van der Waals surface area contributed by atoms with Crippen molar-refractivity contribution in [2.75, 3.05) is 26.2 Å². The quantitative estimate of drug-likeness (QED) is 0.848. The van der Waals surface area contributed by atoms with Crippen molar-refractivity contribution in [3.8, 4) is 0 Å². The van der Waals surface area contributed by atoms with Crippen LogP contribution in [-0.4, -0.2) is 31.1 Å². The van der Waals surface area contributed by atoms with Gasteiger partial charge in [-0.25, -0.2) is 4.39 Å². The van der Waals surface area contributed by atoms with Gasteiger partial charge in [0.1, 0.15) is 5.82 Å². The fourth-order valence-corrected chi connectivity index (χ4v) is 3.06. The van der Waals surface area contributed by atoms with Crippen LogP contribution >= 0.6 is 36.4 Å². The van der Waals surface area contributed by atoms with E-state index >= 15 is 0 Å². The second kappa shape index (κ2) is 8.54. The SMILES string of the molecule is CC(C)(C)[C@@H](c1cc(Cl)ccc1F)N1CCNCC1.Cl.Cl. The maximum atomic E-state index is 14.2. The van der Waals surface area contributed by atoms with E-state index in [1.807, 2.05) is 0 Å². The van der Waals surface area contributed by atoms with Gasteiger partial charge in [0.2, 0.25) is 0 Å². The molecule has 0 aromatic heterocycles. The summed E-state index contributed by atoms with van der Waals surface area (Å²) in [6, 6.07) is 4.90. The van der Waals surface area contributed by atoms with Crippen LogP contribution in [0.1, 0.15) is 32.4 Å². The molecule has 1 aliphatic rings. The van der Waals surface area contributed by atoms with Crippen molar-refractivity contribution in [3.63, 3.8) is 0 Å². The number of nitrogens with zero attached hydrogens (tertiary/aromatic N) is 1. The van der Waals surface area contributed by atoms with Crippen molar-refractivity contribution in [2.24, 2.45) is 5.41 Å². The summed E-state index contributed by atoms with van der Waals surface area (Å²) in [5, 5.41) is 3.93. The first-order valence-electron chi connectivity index (χ1n) is 6.79. The Kier molecular flexibility index (Phi) is 8.52. The van der Waals surface area contributed by atoms with Gasteiger partial charge in [-0.1, -0.05) is 32.4 Å². The molecule has 0 spiro atoms. The van der Waals surface area contributed by atoms with Crippen molar-refractivity contribution >= 4 is 36.4 Å². The van der Waals surface area contributed by atoms with E-state index in [-0.39, 0.29) is 42.1 Å². The van der Waals surface area contributed by atoms with Gasteiger partial charge in [-0.3, -0.25) is 4.90 Å². The number of hydrogen-bond acceptors (Lipinski definition) is 2. The van der Waals surface area contributed by atoms with Crippen LogP contribution in [0.4, 0.5) is 4.39 Å². The third-order valence-corrected chi connectivity index (χ3v) is 3.82. The topological polar surface area (TPSA) is 15.3 Å². The highest BCUT2D eigenvalue weighted by Gasteiger charge is 2.34. The Hall–Kier alpha value is -0.0600. The molecule has 1 heterocycles. The zero-order valence-electron chi connectivity index (χ0n) is 12.7. The monoisotopic (exact) mass is 356 g/mol. The van der Waals surface area contributed by atoms with Crippen molar-refractivity contribution in [1.82, 2.24) is 10.2 Å². The van der Waals surface area contributed by atoms with Crippen LogP contribution in [-0.2, 0) is 0 Å². The fourth-order valence-electron chi connectivity index (χ4n) is 2.88. The first-order valence-corrected chi connectivity index (χ1v) is 7.17. The minimum absolute atomic E-state index is 0. The minimum Gasteiger partial charge on any atom is -0.314 e. The van der Waals surface area contributed by atoms with Crippen LogP contribution in [0.25, 0.3) is 0 Å². The highest BCUT2D eigenvalue weighted by molar-refractivity contribution is 6.30. The maximum Gasteiger partial charge on any atom is 0.128 e. The molecule has 21 heavy (non-hydrogen) atoms. The molecule has 0 saturated carbocycles. The smallest absolute Gasteiger partial charge is 0.128 e. The van der Waals surface area contributed by atoms with Crippen LogP contribution in [0, 0.1) is 11.2 Å². The third kappa shape index (κ3) is 5.26. The Morgan fingerprint density at radius 2 is 1.76 bits per heavy atom. The standard InChI is InChI=1S/C15H22ClFN2.2ClH/c1-15(2,3)14(19-8-6-18-7-9-19)12-10-11(16)4-5-13(12)17;;/h4-5,10,14,18H,6-9H2,1-3H3;2*1H/t14-;;/m1../s1. The van der Waals surface area contributed by atoms with Crippen LogP contribution in [0.2, 0.25) is 5.02 Å². The lowest BCUT2D eigenvalue weighted by Gasteiger charge is -2.42. The number of hydrogen-bond donors (Lipinski definition) is 1. The number of nitrogens with one attached hydrogen (secondary N) is 1. The van der Waals surface area contributed by atoms with E-state index in [4.69, 9.17) is 11.6 Å². The number of benzene rings is 1. The summed E-state index contributed by atoms with van der Waals surface area (Å²) in [5.41, 5.74) is 0.671. The van der Waals surface area contributed by atoms with Gasteiger partial charge >= 0.3 is 0 Å².